The van der Waals surface area contributed by atoms with Crippen molar-refractivity contribution < 1.29 is 23.8 Å². The maximum absolute atomic E-state index is 12.4. The number of hydrogen-bond acceptors (Lipinski definition) is 5. The summed E-state index contributed by atoms with van der Waals surface area (Å²) in [7, 11) is 2.89. The predicted octanol–water partition coefficient (Wildman–Crippen LogP) is 2.79. The van der Waals surface area contributed by atoms with Gasteiger partial charge in [0, 0.05) is 0 Å². The lowest BCUT2D eigenvalue weighted by Gasteiger charge is -2.35. The first-order valence-corrected chi connectivity index (χ1v) is 8.84. The average molecular weight is 361 g/mol. The Hall–Kier alpha value is -2.50. The minimum absolute atomic E-state index is 0.199. The van der Waals surface area contributed by atoms with Gasteiger partial charge in [-0.3, -0.25) is 4.79 Å². The second-order valence-electron chi connectivity index (χ2n) is 6.45. The topological polar surface area (TPSA) is 73.9 Å². The molecule has 0 heterocycles. The summed E-state index contributed by atoms with van der Waals surface area (Å²) in [6, 6.07) is 5.52. The first-order chi connectivity index (χ1) is 12.5. The van der Waals surface area contributed by atoms with E-state index < -0.39 is 11.5 Å². The van der Waals surface area contributed by atoms with Crippen LogP contribution in [0.5, 0.6) is 11.5 Å². The van der Waals surface area contributed by atoms with Crippen molar-refractivity contribution in [2.45, 2.75) is 44.1 Å². The van der Waals surface area contributed by atoms with Gasteiger partial charge in [-0.1, -0.05) is 31.4 Å². The highest BCUT2D eigenvalue weighted by atomic mass is 16.5. The van der Waals surface area contributed by atoms with E-state index in [-0.39, 0.29) is 12.5 Å². The second kappa shape index (κ2) is 9.27. The summed E-state index contributed by atoms with van der Waals surface area (Å²) in [5, 5.41) is 2.83. The molecule has 0 bridgehead atoms. The van der Waals surface area contributed by atoms with Crippen LogP contribution in [0.25, 0.3) is 0 Å². The van der Waals surface area contributed by atoms with Gasteiger partial charge in [-0.15, -0.1) is 6.58 Å². The molecule has 1 aliphatic carbocycles. The summed E-state index contributed by atoms with van der Waals surface area (Å²) in [5.74, 6) is 0.287. The number of carbonyl (C=O) groups excluding carboxylic acids is 2. The van der Waals surface area contributed by atoms with Gasteiger partial charge in [0.1, 0.15) is 5.54 Å². The Morgan fingerprint density at radius 1 is 1.19 bits per heavy atom. The largest absolute Gasteiger partial charge is 0.493 e. The second-order valence-corrected chi connectivity index (χ2v) is 6.45. The predicted molar refractivity (Wildman–Crippen MR) is 98.4 cm³/mol. The zero-order chi connectivity index (χ0) is 19.0. The van der Waals surface area contributed by atoms with E-state index in [9.17, 15) is 9.59 Å². The van der Waals surface area contributed by atoms with Crippen molar-refractivity contribution in [1.82, 2.24) is 5.32 Å². The van der Waals surface area contributed by atoms with Gasteiger partial charge in [-0.2, -0.15) is 0 Å². The van der Waals surface area contributed by atoms with E-state index in [0.29, 0.717) is 24.3 Å². The van der Waals surface area contributed by atoms with E-state index in [1.165, 1.54) is 7.11 Å². The van der Waals surface area contributed by atoms with Crippen molar-refractivity contribution >= 4 is 11.9 Å². The number of rotatable bonds is 8. The van der Waals surface area contributed by atoms with Crippen molar-refractivity contribution in [2.75, 3.05) is 20.8 Å². The first kappa shape index (κ1) is 19.8. The molecule has 0 spiro atoms. The highest BCUT2D eigenvalue weighted by Crippen LogP contribution is 2.30. The van der Waals surface area contributed by atoms with Crippen LogP contribution in [0.3, 0.4) is 0 Å². The molecule has 1 fully saturated rings. The Morgan fingerprint density at radius 2 is 1.92 bits per heavy atom. The van der Waals surface area contributed by atoms with Crippen LogP contribution in [0.15, 0.2) is 30.9 Å². The number of nitrogens with one attached hydrogen (secondary N) is 1. The minimum atomic E-state index is -0.939. The van der Waals surface area contributed by atoms with E-state index >= 15 is 0 Å². The first-order valence-electron chi connectivity index (χ1n) is 8.84. The Labute approximate surface area is 154 Å². The Balaban J connectivity index is 2.01. The summed E-state index contributed by atoms with van der Waals surface area (Å²) >= 11 is 0. The van der Waals surface area contributed by atoms with Crippen molar-refractivity contribution in [1.29, 1.82) is 0 Å². The van der Waals surface area contributed by atoms with Crippen molar-refractivity contribution in [3.05, 3.63) is 36.4 Å². The third kappa shape index (κ3) is 4.77. The van der Waals surface area contributed by atoms with Gasteiger partial charge in [0.05, 0.1) is 14.2 Å². The van der Waals surface area contributed by atoms with E-state index in [4.69, 9.17) is 14.2 Å². The van der Waals surface area contributed by atoms with E-state index in [1.54, 1.807) is 19.3 Å². The summed E-state index contributed by atoms with van der Waals surface area (Å²) in [5.41, 5.74) is 0.103. The van der Waals surface area contributed by atoms with E-state index in [1.807, 2.05) is 12.1 Å². The highest BCUT2D eigenvalue weighted by molar-refractivity contribution is 5.88. The van der Waals surface area contributed by atoms with Gasteiger partial charge in [-0.05, 0) is 37.0 Å². The molecule has 1 aliphatic rings. The summed E-state index contributed by atoms with van der Waals surface area (Å²) in [6.45, 7) is 3.52. The van der Waals surface area contributed by atoms with Crippen LogP contribution >= 0.6 is 0 Å². The molecule has 1 aromatic rings. The Bertz CT molecular complexity index is 650. The maximum Gasteiger partial charge on any atom is 0.331 e. The number of ether oxygens (including phenoxy) is 3. The third-order valence-corrected chi connectivity index (χ3v) is 4.63. The van der Waals surface area contributed by atoms with Gasteiger partial charge in [0.2, 0.25) is 0 Å². The van der Waals surface area contributed by atoms with Crippen LogP contribution in [0.4, 0.5) is 0 Å². The molecule has 1 saturated carbocycles. The summed E-state index contributed by atoms with van der Waals surface area (Å²) in [6.07, 6.45) is 6.52. The fraction of sp³-hybridized carbons (Fsp3) is 0.500. The molecule has 0 unspecified atom stereocenters. The molecule has 0 aliphatic heterocycles. The van der Waals surface area contributed by atoms with Gasteiger partial charge < -0.3 is 19.5 Å². The number of amides is 1. The molecule has 6 nitrogen and oxygen atoms in total. The molecule has 0 aromatic heterocycles. The van der Waals surface area contributed by atoms with Gasteiger partial charge in [0.15, 0.2) is 18.1 Å². The smallest absolute Gasteiger partial charge is 0.331 e. The van der Waals surface area contributed by atoms with Crippen LogP contribution in [0.1, 0.15) is 37.7 Å². The zero-order valence-corrected chi connectivity index (χ0v) is 15.5. The fourth-order valence-corrected chi connectivity index (χ4v) is 3.30. The molecule has 1 aromatic carbocycles. The van der Waals surface area contributed by atoms with Crippen molar-refractivity contribution in [2.24, 2.45) is 0 Å². The van der Waals surface area contributed by atoms with E-state index in [2.05, 4.69) is 11.9 Å². The van der Waals surface area contributed by atoms with Crippen LogP contribution < -0.4 is 14.8 Å². The molecule has 0 saturated heterocycles. The molecule has 26 heavy (non-hydrogen) atoms. The SMILES string of the molecule is C=CCc1ccc(OCC(=O)NC2(C(=O)OC)CCCCC2)c(OC)c1. The summed E-state index contributed by atoms with van der Waals surface area (Å²) < 4.78 is 15.8. The molecule has 0 atom stereocenters. The monoisotopic (exact) mass is 361 g/mol. The standard InChI is InChI=1S/C20H27NO5/c1-4-8-15-9-10-16(17(13-15)24-2)26-14-18(22)21-20(19(23)25-3)11-6-5-7-12-20/h4,9-10,13H,1,5-8,11-12,14H2,2-3H3,(H,21,22). The molecule has 1 amide bonds. The normalized spacial score (nSPS) is 15.6. The fourth-order valence-electron chi connectivity index (χ4n) is 3.30. The molecule has 6 heteroatoms. The lowest BCUT2D eigenvalue weighted by Crippen LogP contribution is -2.57. The third-order valence-electron chi connectivity index (χ3n) is 4.63. The summed E-state index contributed by atoms with van der Waals surface area (Å²) in [4.78, 5) is 24.6. The zero-order valence-electron chi connectivity index (χ0n) is 15.5. The molecule has 2 rings (SSSR count). The lowest BCUT2D eigenvalue weighted by atomic mass is 9.81. The Morgan fingerprint density at radius 3 is 2.54 bits per heavy atom. The van der Waals surface area contributed by atoms with Gasteiger partial charge in [-0.25, -0.2) is 4.79 Å². The van der Waals surface area contributed by atoms with Crippen molar-refractivity contribution in [3.63, 3.8) is 0 Å². The van der Waals surface area contributed by atoms with Crippen LogP contribution in [-0.2, 0) is 20.7 Å². The molecule has 0 radical (unpaired) electrons. The highest BCUT2D eigenvalue weighted by Gasteiger charge is 2.41. The van der Waals surface area contributed by atoms with Crippen molar-refractivity contribution in [3.8, 4) is 11.5 Å². The van der Waals surface area contributed by atoms with E-state index in [0.717, 1.165) is 31.2 Å². The molecular formula is C20H27NO5. The Kier molecular flexibility index (Phi) is 7.06. The molecule has 142 valence electrons. The van der Waals surface area contributed by atoms with Crippen LogP contribution in [-0.4, -0.2) is 38.2 Å². The van der Waals surface area contributed by atoms with Crippen LogP contribution in [0.2, 0.25) is 0 Å². The number of hydrogen-bond donors (Lipinski definition) is 1. The lowest BCUT2D eigenvalue weighted by molar-refractivity contribution is -0.152. The quantitative estimate of drug-likeness (QED) is 0.569. The minimum Gasteiger partial charge on any atom is -0.493 e. The maximum atomic E-state index is 12.4. The number of methoxy groups -OCH3 is 2. The number of carbonyl (C=O) groups is 2. The number of esters is 1. The number of allylic oxidation sites excluding steroid dienone is 1. The van der Waals surface area contributed by atoms with Gasteiger partial charge in [0.25, 0.3) is 5.91 Å². The molecular weight excluding hydrogens is 334 g/mol. The molecule has 1 N–H and O–H groups in total. The number of benzene rings is 1. The van der Waals surface area contributed by atoms with Gasteiger partial charge >= 0.3 is 5.97 Å². The van der Waals surface area contributed by atoms with Crippen LogP contribution in [0, 0.1) is 0 Å². The average Bonchev–Trinajstić information content (AvgIpc) is 2.67.